The first-order chi connectivity index (χ1) is 18.2. The Morgan fingerprint density at radius 3 is 2.03 bits per heavy atom. The third kappa shape index (κ3) is 5.14. The fraction of sp³-hybridized carbons (Fsp3) is 0.0690. The van der Waals surface area contributed by atoms with E-state index in [-0.39, 0.29) is 27.6 Å². The molecular weight excluding hydrogens is 510 g/mol. The van der Waals surface area contributed by atoms with Crippen molar-refractivity contribution in [3.63, 3.8) is 0 Å². The number of nitrogens with one attached hydrogen (secondary N) is 1. The molecular formula is C29H20F2N2O4S. The Kier molecular flexibility index (Phi) is 6.69. The number of hydrogen-bond donors (Lipinski definition) is 1. The van der Waals surface area contributed by atoms with Gasteiger partial charge in [-0.1, -0.05) is 60.7 Å². The number of halogens is 2. The lowest BCUT2D eigenvalue weighted by Crippen LogP contribution is -2.24. The van der Waals surface area contributed by atoms with Crippen molar-refractivity contribution in [2.75, 3.05) is 0 Å². The van der Waals surface area contributed by atoms with E-state index in [1.165, 1.54) is 30.3 Å². The number of H-pyrrole nitrogens is 1. The number of aromatic amines is 1. The van der Waals surface area contributed by atoms with E-state index in [4.69, 9.17) is 0 Å². The van der Waals surface area contributed by atoms with Crippen LogP contribution in [0.2, 0.25) is 0 Å². The molecule has 0 saturated heterocycles. The van der Waals surface area contributed by atoms with E-state index >= 15 is 0 Å². The Hall–Kier alpha value is -4.50. The Morgan fingerprint density at radius 1 is 0.763 bits per heavy atom. The summed E-state index contributed by atoms with van der Waals surface area (Å²) in [6.07, 6.45) is 0. The van der Waals surface area contributed by atoms with Crippen molar-refractivity contribution in [1.29, 1.82) is 0 Å². The first-order valence-electron chi connectivity index (χ1n) is 11.6. The topological polar surface area (TPSA) is 97.0 Å². The van der Waals surface area contributed by atoms with Crippen LogP contribution >= 0.6 is 0 Å². The maximum atomic E-state index is 13.9. The number of hydrogen-bond acceptors (Lipinski definition) is 5. The van der Waals surface area contributed by atoms with Crippen LogP contribution in [0.25, 0.3) is 11.0 Å². The molecule has 0 amide bonds. The predicted molar refractivity (Wildman–Crippen MR) is 138 cm³/mol. The van der Waals surface area contributed by atoms with Crippen LogP contribution in [0.15, 0.2) is 102 Å². The Balaban J connectivity index is 1.57. The SMILES string of the molecule is O=C(c1ccccc1)C(C(=O)c1cc(F)cc(F)c1)c1nc2ccc(S(=O)(=O)Cc3ccccc3)cc2[nH]1. The van der Waals surface area contributed by atoms with Gasteiger partial charge in [-0.3, -0.25) is 9.59 Å². The second kappa shape index (κ2) is 10.1. The van der Waals surface area contributed by atoms with Gasteiger partial charge < -0.3 is 4.98 Å². The summed E-state index contributed by atoms with van der Waals surface area (Å²) in [6.45, 7) is 0. The molecule has 1 heterocycles. The molecule has 9 heteroatoms. The van der Waals surface area contributed by atoms with Gasteiger partial charge >= 0.3 is 0 Å². The zero-order valence-electron chi connectivity index (χ0n) is 19.8. The minimum Gasteiger partial charge on any atom is -0.341 e. The van der Waals surface area contributed by atoms with Crippen LogP contribution in [0.5, 0.6) is 0 Å². The molecule has 5 rings (SSSR count). The zero-order valence-corrected chi connectivity index (χ0v) is 20.6. The van der Waals surface area contributed by atoms with Crippen LogP contribution in [0.1, 0.15) is 38.0 Å². The van der Waals surface area contributed by atoms with E-state index in [9.17, 15) is 26.8 Å². The Morgan fingerprint density at radius 2 is 1.37 bits per heavy atom. The lowest BCUT2D eigenvalue weighted by atomic mass is 9.89. The van der Waals surface area contributed by atoms with Crippen LogP contribution in [0, 0.1) is 11.6 Å². The van der Waals surface area contributed by atoms with Crippen LogP contribution < -0.4 is 0 Å². The van der Waals surface area contributed by atoms with Crippen LogP contribution in [-0.4, -0.2) is 30.0 Å². The van der Waals surface area contributed by atoms with Crippen molar-refractivity contribution in [3.05, 3.63) is 131 Å². The molecule has 1 N–H and O–H groups in total. The first-order valence-corrected chi connectivity index (χ1v) is 13.2. The first kappa shape index (κ1) is 25.2. The molecule has 190 valence electrons. The molecule has 1 atom stereocenters. The average Bonchev–Trinajstić information content (AvgIpc) is 3.32. The molecule has 0 radical (unpaired) electrons. The van der Waals surface area contributed by atoms with Gasteiger partial charge in [-0.25, -0.2) is 22.2 Å². The number of carbonyl (C=O) groups is 2. The lowest BCUT2D eigenvalue weighted by molar-refractivity contribution is 0.0855. The number of Topliss-reactive ketones (excluding diaryl/α,β-unsaturated/α-hetero) is 2. The van der Waals surface area contributed by atoms with Crippen LogP contribution in [-0.2, 0) is 15.6 Å². The molecule has 0 saturated carbocycles. The van der Waals surface area contributed by atoms with Gasteiger partial charge in [0.25, 0.3) is 0 Å². The summed E-state index contributed by atoms with van der Waals surface area (Å²) in [7, 11) is -3.71. The highest BCUT2D eigenvalue weighted by atomic mass is 32.2. The van der Waals surface area contributed by atoms with Crippen LogP contribution in [0.3, 0.4) is 0 Å². The Bertz CT molecular complexity index is 1750. The molecule has 0 aliphatic rings. The van der Waals surface area contributed by atoms with Gasteiger partial charge in [-0.15, -0.1) is 0 Å². The molecule has 38 heavy (non-hydrogen) atoms. The van der Waals surface area contributed by atoms with Gasteiger partial charge in [0.2, 0.25) is 0 Å². The largest absolute Gasteiger partial charge is 0.341 e. The van der Waals surface area contributed by atoms with Gasteiger partial charge in [-0.2, -0.15) is 0 Å². The predicted octanol–water partition coefficient (Wildman–Crippen LogP) is 5.66. The van der Waals surface area contributed by atoms with Gasteiger partial charge in [-0.05, 0) is 35.9 Å². The van der Waals surface area contributed by atoms with Crippen molar-refractivity contribution in [3.8, 4) is 0 Å². The third-order valence-corrected chi connectivity index (χ3v) is 7.72. The molecule has 4 aromatic carbocycles. The number of nitrogens with zero attached hydrogens (tertiary/aromatic N) is 1. The zero-order chi connectivity index (χ0) is 26.9. The molecule has 0 aliphatic carbocycles. The van der Waals surface area contributed by atoms with Crippen molar-refractivity contribution in [1.82, 2.24) is 9.97 Å². The monoisotopic (exact) mass is 530 g/mol. The van der Waals surface area contributed by atoms with Crippen molar-refractivity contribution >= 4 is 32.4 Å². The number of ketones is 2. The maximum Gasteiger partial charge on any atom is 0.182 e. The van der Waals surface area contributed by atoms with Gasteiger partial charge in [0.1, 0.15) is 23.4 Å². The van der Waals surface area contributed by atoms with E-state index in [0.717, 1.165) is 12.1 Å². The van der Waals surface area contributed by atoms with Gasteiger partial charge in [0, 0.05) is 17.2 Å². The molecule has 0 fully saturated rings. The highest BCUT2D eigenvalue weighted by Crippen LogP contribution is 2.28. The second-order valence-electron chi connectivity index (χ2n) is 8.73. The summed E-state index contributed by atoms with van der Waals surface area (Å²) in [5.74, 6) is -5.23. The fourth-order valence-corrected chi connectivity index (χ4v) is 5.59. The van der Waals surface area contributed by atoms with Gasteiger partial charge in [0.15, 0.2) is 21.4 Å². The van der Waals surface area contributed by atoms with E-state index in [1.807, 2.05) is 0 Å². The van der Waals surface area contributed by atoms with E-state index in [2.05, 4.69) is 9.97 Å². The third-order valence-electron chi connectivity index (χ3n) is 6.03. The molecule has 5 aromatic rings. The van der Waals surface area contributed by atoms with Gasteiger partial charge in [0.05, 0.1) is 21.7 Å². The molecule has 0 bridgehead atoms. The van der Waals surface area contributed by atoms with Crippen molar-refractivity contribution in [2.24, 2.45) is 0 Å². The standard InChI is InChI=1S/C29H20F2N2O4S/c30-21-13-20(14-22(31)15-21)28(35)26(27(34)19-9-5-2-6-10-19)29-32-24-12-11-23(16-25(24)33-29)38(36,37)17-18-7-3-1-4-8-18/h1-16,26H,17H2,(H,32,33). The quantitative estimate of drug-likeness (QED) is 0.206. The van der Waals surface area contributed by atoms with E-state index < -0.39 is 39.0 Å². The summed E-state index contributed by atoms with van der Waals surface area (Å²) >= 11 is 0. The maximum absolute atomic E-state index is 13.9. The normalized spacial score (nSPS) is 12.4. The highest BCUT2D eigenvalue weighted by molar-refractivity contribution is 7.90. The van der Waals surface area contributed by atoms with Crippen molar-refractivity contribution in [2.45, 2.75) is 16.6 Å². The minimum atomic E-state index is -3.71. The second-order valence-corrected chi connectivity index (χ2v) is 10.7. The number of rotatable bonds is 8. The number of benzene rings is 4. The number of aromatic nitrogens is 2. The fourth-order valence-electron chi connectivity index (χ4n) is 4.21. The molecule has 6 nitrogen and oxygen atoms in total. The van der Waals surface area contributed by atoms with E-state index in [1.54, 1.807) is 48.5 Å². The smallest absolute Gasteiger partial charge is 0.182 e. The van der Waals surface area contributed by atoms with E-state index in [0.29, 0.717) is 22.7 Å². The molecule has 0 spiro atoms. The summed E-state index contributed by atoms with van der Waals surface area (Å²) in [5.41, 5.74) is 1.11. The van der Waals surface area contributed by atoms with Crippen molar-refractivity contribution < 1.29 is 26.8 Å². The number of carbonyl (C=O) groups excluding carboxylic acids is 2. The molecule has 1 unspecified atom stereocenters. The highest BCUT2D eigenvalue weighted by Gasteiger charge is 2.33. The summed E-state index contributed by atoms with van der Waals surface area (Å²) in [6, 6.07) is 23.3. The van der Waals surface area contributed by atoms with Crippen LogP contribution in [0.4, 0.5) is 8.78 Å². The molecule has 0 aliphatic heterocycles. The number of imidazole rings is 1. The average molecular weight is 531 g/mol. The summed E-state index contributed by atoms with van der Waals surface area (Å²) in [5, 5.41) is 0. The lowest BCUT2D eigenvalue weighted by Gasteiger charge is -2.13. The molecule has 1 aromatic heterocycles. The summed E-state index contributed by atoms with van der Waals surface area (Å²) < 4.78 is 53.8. The Labute approximate surface area is 216 Å². The summed E-state index contributed by atoms with van der Waals surface area (Å²) in [4.78, 5) is 34.2. The number of fused-ring (bicyclic) bond motifs is 1. The minimum absolute atomic E-state index is 0.0357. The number of sulfone groups is 1.